The lowest BCUT2D eigenvalue weighted by atomic mass is 9.59. The average molecular weight is 500 g/mol. The highest BCUT2D eigenvalue weighted by atomic mass is 35.5. The number of nitrogens with zero attached hydrogens (tertiary/aromatic N) is 1. The van der Waals surface area contributed by atoms with Gasteiger partial charge in [-0.15, -0.1) is 0 Å². The van der Waals surface area contributed by atoms with Crippen LogP contribution in [0, 0.1) is 17.8 Å². The fourth-order valence-electron chi connectivity index (χ4n) is 6.31. The maximum Gasteiger partial charge on any atom is 0.238 e. The first kappa shape index (κ1) is 22.7. The fraction of sp³-hybridized carbons (Fsp3) is 0.241. The number of amides is 2. The normalized spacial score (nSPS) is 27.4. The van der Waals surface area contributed by atoms with Crippen molar-refractivity contribution in [3.63, 3.8) is 0 Å². The van der Waals surface area contributed by atoms with E-state index in [9.17, 15) is 24.3 Å². The van der Waals surface area contributed by atoms with Gasteiger partial charge in [-0.25, -0.2) is 0 Å². The van der Waals surface area contributed by atoms with Gasteiger partial charge in [0.2, 0.25) is 11.8 Å². The first-order valence-corrected chi connectivity index (χ1v) is 12.3. The van der Waals surface area contributed by atoms with Gasteiger partial charge in [-0.1, -0.05) is 41.4 Å². The van der Waals surface area contributed by atoms with Gasteiger partial charge in [-0.2, -0.15) is 0 Å². The molecule has 4 atom stereocenters. The lowest BCUT2D eigenvalue weighted by Gasteiger charge is -2.42. The number of phenols is 1. The van der Waals surface area contributed by atoms with Crippen LogP contribution < -0.4 is 4.90 Å². The third kappa shape index (κ3) is 3.17. The van der Waals surface area contributed by atoms with E-state index in [1.165, 1.54) is 11.0 Å². The number of hydrogen-bond donors (Lipinski definition) is 1. The maximum atomic E-state index is 13.8. The molecule has 7 heteroatoms. The van der Waals surface area contributed by atoms with Gasteiger partial charge in [0.15, 0.2) is 11.6 Å². The van der Waals surface area contributed by atoms with E-state index < -0.39 is 23.7 Å². The zero-order chi connectivity index (χ0) is 25.3. The van der Waals surface area contributed by atoms with E-state index in [2.05, 4.69) is 0 Å². The molecule has 4 aliphatic rings. The maximum absolute atomic E-state index is 13.8. The van der Waals surface area contributed by atoms with Crippen LogP contribution in [0.2, 0.25) is 5.02 Å². The molecule has 0 spiro atoms. The Balaban J connectivity index is 1.49. The van der Waals surface area contributed by atoms with Crippen LogP contribution in [0.5, 0.6) is 5.75 Å². The second-order valence-electron chi connectivity index (χ2n) is 9.78. The first-order valence-electron chi connectivity index (χ1n) is 11.9. The zero-order valence-electron chi connectivity index (χ0n) is 19.4. The summed E-state index contributed by atoms with van der Waals surface area (Å²) in [5, 5.41) is 11.2. The Bertz CT molecular complexity index is 1460. The van der Waals surface area contributed by atoms with Gasteiger partial charge in [-0.05, 0) is 62.1 Å². The van der Waals surface area contributed by atoms with E-state index in [4.69, 9.17) is 11.6 Å². The summed E-state index contributed by atoms with van der Waals surface area (Å²) in [6, 6.07) is 13.3. The molecule has 0 aromatic heterocycles. The monoisotopic (exact) mass is 499 g/mol. The third-order valence-electron chi connectivity index (χ3n) is 7.89. The van der Waals surface area contributed by atoms with Crippen molar-refractivity contribution >= 4 is 40.7 Å². The van der Waals surface area contributed by atoms with E-state index in [-0.39, 0.29) is 35.6 Å². The number of rotatable bonds is 2. The number of ketones is 2. The number of imide groups is 1. The first-order chi connectivity index (χ1) is 17.3. The molecular formula is C29H22ClNO5. The molecule has 0 unspecified atom stereocenters. The summed E-state index contributed by atoms with van der Waals surface area (Å²) in [6.45, 7) is 1.61. The quantitative estimate of drug-likeness (QED) is 0.368. The molecule has 1 heterocycles. The lowest BCUT2D eigenvalue weighted by Crippen LogP contribution is -2.39. The molecule has 0 bridgehead atoms. The molecular weight excluding hydrogens is 478 g/mol. The number of carbonyl (C=O) groups excluding carboxylic acids is 4. The van der Waals surface area contributed by atoms with Crippen molar-refractivity contribution in [3.05, 3.63) is 93.6 Å². The summed E-state index contributed by atoms with van der Waals surface area (Å²) >= 11 is 6.01. The number of allylic oxidation sites excluding steroid dienone is 6. The predicted molar refractivity (Wildman–Crippen MR) is 133 cm³/mol. The standard InChI is InChI=1S/C29H22ClNO5/c1-14-12-23(33)26-21(27(14)34)13-20-17(24(26)18-4-2-3-5-22(18)32)10-11-19-25(20)29(36)31(28(19)35)16-8-6-15(30)7-9-16/h2-10,12,19-20,24-25,32H,11,13H2,1H3/t19-,20+,24+,25-/m0/s1. The number of aromatic hydroxyl groups is 1. The Hall–Kier alpha value is -3.77. The summed E-state index contributed by atoms with van der Waals surface area (Å²) in [4.78, 5) is 54.9. The van der Waals surface area contributed by atoms with Crippen molar-refractivity contribution in [1.29, 1.82) is 0 Å². The fourth-order valence-corrected chi connectivity index (χ4v) is 6.44. The predicted octanol–water partition coefficient (Wildman–Crippen LogP) is 4.68. The van der Waals surface area contributed by atoms with Crippen molar-refractivity contribution in [2.45, 2.75) is 25.7 Å². The van der Waals surface area contributed by atoms with Crippen molar-refractivity contribution in [2.24, 2.45) is 17.8 Å². The summed E-state index contributed by atoms with van der Waals surface area (Å²) in [5.74, 6) is -3.37. The highest BCUT2D eigenvalue weighted by Crippen LogP contribution is 2.56. The lowest BCUT2D eigenvalue weighted by molar-refractivity contribution is -0.123. The third-order valence-corrected chi connectivity index (χ3v) is 8.15. The molecule has 0 radical (unpaired) electrons. The van der Waals surface area contributed by atoms with Gasteiger partial charge >= 0.3 is 0 Å². The molecule has 6 rings (SSSR count). The van der Waals surface area contributed by atoms with Gasteiger partial charge in [0.25, 0.3) is 0 Å². The van der Waals surface area contributed by atoms with E-state index in [0.717, 1.165) is 5.57 Å². The number of phenolic OH excluding ortho intramolecular Hbond substituents is 1. The van der Waals surface area contributed by atoms with Crippen LogP contribution in [0.1, 0.15) is 31.2 Å². The summed E-state index contributed by atoms with van der Waals surface area (Å²) in [6.07, 6.45) is 3.84. The van der Waals surface area contributed by atoms with Crippen molar-refractivity contribution in [3.8, 4) is 5.75 Å². The van der Waals surface area contributed by atoms with Gasteiger partial charge in [0.05, 0.1) is 17.5 Å². The van der Waals surface area contributed by atoms with Crippen LogP contribution in [0.4, 0.5) is 5.69 Å². The van der Waals surface area contributed by atoms with Crippen LogP contribution in [-0.2, 0) is 19.2 Å². The van der Waals surface area contributed by atoms with E-state index in [1.54, 1.807) is 55.5 Å². The number of Topliss-reactive ketones (excluding diaryl/α,β-unsaturated/α-hetero) is 1. The highest BCUT2D eigenvalue weighted by Gasteiger charge is 2.56. The second-order valence-corrected chi connectivity index (χ2v) is 10.2. The highest BCUT2D eigenvalue weighted by molar-refractivity contribution is 6.31. The minimum absolute atomic E-state index is 0.0150. The van der Waals surface area contributed by atoms with Crippen molar-refractivity contribution < 1.29 is 24.3 Å². The van der Waals surface area contributed by atoms with Crippen LogP contribution in [0.3, 0.4) is 0 Å². The van der Waals surface area contributed by atoms with Crippen LogP contribution in [-0.4, -0.2) is 28.5 Å². The average Bonchev–Trinajstić information content (AvgIpc) is 3.12. The number of fused-ring (bicyclic) bond motifs is 3. The van der Waals surface area contributed by atoms with E-state index in [1.807, 2.05) is 6.08 Å². The molecule has 1 fully saturated rings. The molecule has 2 amide bonds. The van der Waals surface area contributed by atoms with Crippen LogP contribution in [0.15, 0.2) is 83.0 Å². The Labute approximate surface area is 212 Å². The Kier molecular flexibility index (Phi) is 5.12. The Morgan fingerprint density at radius 1 is 0.944 bits per heavy atom. The molecule has 2 aromatic rings. The summed E-state index contributed by atoms with van der Waals surface area (Å²) < 4.78 is 0. The molecule has 36 heavy (non-hydrogen) atoms. The summed E-state index contributed by atoms with van der Waals surface area (Å²) in [7, 11) is 0. The van der Waals surface area contributed by atoms with Gasteiger partial charge in [0, 0.05) is 33.2 Å². The molecule has 1 aliphatic heterocycles. The van der Waals surface area contributed by atoms with Crippen molar-refractivity contribution in [2.75, 3.05) is 4.90 Å². The molecule has 0 saturated carbocycles. The minimum Gasteiger partial charge on any atom is -0.508 e. The van der Waals surface area contributed by atoms with Gasteiger partial charge < -0.3 is 5.11 Å². The largest absolute Gasteiger partial charge is 0.508 e. The topological polar surface area (TPSA) is 91.8 Å². The number of anilines is 1. The number of halogens is 1. The number of para-hydroxylation sites is 1. The van der Waals surface area contributed by atoms with Crippen molar-refractivity contribution in [1.82, 2.24) is 0 Å². The van der Waals surface area contributed by atoms with Gasteiger partial charge in [-0.3, -0.25) is 24.1 Å². The second kappa shape index (κ2) is 8.14. The smallest absolute Gasteiger partial charge is 0.238 e. The molecule has 180 valence electrons. The Morgan fingerprint density at radius 3 is 2.39 bits per heavy atom. The molecule has 3 aliphatic carbocycles. The number of benzene rings is 2. The molecule has 1 saturated heterocycles. The molecule has 6 nitrogen and oxygen atoms in total. The molecule has 2 aromatic carbocycles. The van der Waals surface area contributed by atoms with Crippen LogP contribution in [0.25, 0.3) is 0 Å². The van der Waals surface area contributed by atoms with E-state index >= 15 is 0 Å². The number of hydrogen-bond acceptors (Lipinski definition) is 5. The van der Waals surface area contributed by atoms with Gasteiger partial charge in [0.1, 0.15) is 5.75 Å². The molecule has 1 N–H and O–H groups in total. The Morgan fingerprint density at radius 2 is 1.67 bits per heavy atom. The van der Waals surface area contributed by atoms with Crippen LogP contribution >= 0.6 is 11.6 Å². The summed E-state index contributed by atoms with van der Waals surface area (Å²) in [5.41, 5.74) is 2.87. The number of carbonyl (C=O) groups is 4. The van der Waals surface area contributed by atoms with E-state index in [0.29, 0.717) is 39.4 Å². The SMILES string of the molecule is CC1=CC(=O)C2=C(C[C@@H]3C(=CC[C@@H]4C(=O)N(c5ccc(Cl)cc5)C(=O)[C@@H]43)[C@@H]2c2ccccc2O)C1=O. The zero-order valence-corrected chi connectivity index (χ0v) is 20.2. The minimum atomic E-state index is -0.662.